The monoisotopic (exact) mass is 300 g/mol. The number of nitrogens with two attached hydrogens (primary N) is 2. The number of ether oxygens (including phenoxy) is 3. The van der Waals surface area contributed by atoms with Crippen molar-refractivity contribution in [2.45, 2.75) is 0 Å². The summed E-state index contributed by atoms with van der Waals surface area (Å²) in [4.78, 5) is 7.72. The van der Waals surface area contributed by atoms with Gasteiger partial charge in [-0.05, 0) is 12.1 Å². The van der Waals surface area contributed by atoms with Crippen LogP contribution >= 0.6 is 0 Å². The van der Waals surface area contributed by atoms with Crippen molar-refractivity contribution in [3.05, 3.63) is 29.5 Å². The minimum Gasteiger partial charge on any atom is -0.493 e. The molecule has 0 saturated carbocycles. The van der Waals surface area contributed by atoms with Crippen LogP contribution in [0.3, 0.4) is 0 Å². The molecule has 0 spiro atoms. The van der Waals surface area contributed by atoms with Crippen LogP contribution in [0.5, 0.6) is 17.2 Å². The van der Waals surface area contributed by atoms with Gasteiger partial charge in [-0.2, -0.15) is 4.98 Å². The van der Waals surface area contributed by atoms with Crippen LogP contribution in [0.15, 0.2) is 18.3 Å². The van der Waals surface area contributed by atoms with Crippen molar-refractivity contribution in [2.75, 3.05) is 32.8 Å². The van der Waals surface area contributed by atoms with Crippen LogP contribution < -0.4 is 25.7 Å². The number of methoxy groups -OCH3 is 3. The van der Waals surface area contributed by atoms with E-state index in [9.17, 15) is 0 Å². The van der Waals surface area contributed by atoms with E-state index in [0.29, 0.717) is 28.4 Å². The number of hydrogen-bond donors (Lipinski definition) is 2. The Morgan fingerprint density at radius 3 is 2.09 bits per heavy atom. The summed E-state index contributed by atoms with van der Waals surface area (Å²) in [5.41, 5.74) is 12.3. The molecule has 4 N–H and O–H groups in total. The van der Waals surface area contributed by atoms with Crippen molar-refractivity contribution in [1.29, 1.82) is 0 Å². The summed E-state index contributed by atoms with van der Waals surface area (Å²) >= 11 is 0. The first-order valence-electron chi connectivity index (χ1n) is 6.29. The predicted octanol–water partition coefficient (Wildman–Crippen LogP) is 1.07. The molecule has 7 nitrogen and oxygen atoms in total. The molecule has 0 atom stereocenters. The summed E-state index contributed by atoms with van der Waals surface area (Å²) in [7, 11) is 4.62. The summed E-state index contributed by atoms with van der Waals surface area (Å²) in [5, 5.41) is 0. The third kappa shape index (κ3) is 3.12. The lowest BCUT2D eigenvalue weighted by Crippen LogP contribution is -2.01. The zero-order chi connectivity index (χ0) is 16.1. The average molecular weight is 300 g/mol. The van der Waals surface area contributed by atoms with Crippen LogP contribution in [-0.2, 0) is 0 Å². The zero-order valence-corrected chi connectivity index (χ0v) is 12.5. The van der Waals surface area contributed by atoms with Gasteiger partial charge in [-0.1, -0.05) is 11.8 Å². The molecular weight excluding hydrogens is 284 g/mol. The fourth-order valence-electron chi connectivity index (χ4n) is 1.80. The predicted molar refractivity (Wildman–Crippen MR) is 82.9 cm³/mol. The molecule has 114 valence electrons. The second kappa shape index (κ2) is 6.54. The Morgan fingerprint density at radius 1 is 0.955 bits per heavy atom. The van der Waals surface area contributed by atoms with E-state index in [1.54, 1.807) is 26.4 Å². The number of rotatable bonds is 3. The maximum atomic E-state index is 5.74. The van der Waals surface area contributed by atoms with E-state index in [-0.39, 0.29) is 11.8 Å². The largest absolute Gasteiger partial charge is 0.493 e. The lowest BCUT2D eigenvalue weighted by molar-refractivity contribution is 0.324. The third-order valence-electron chi connectivity index (χ3n) is 2.84. The number of anilines is 2. The van der Waals surface area contributed by atoms with Crippen LogP contribution in [0.25, 0.3) is 0 Å². The van der Waals surface area contributed by atoms with Crippen molar-refractivity contribution < 1.29 is 14.2 Å². The van der Waals surface area contributed by atoms with E-state index in [2.05, 4.69) is 21.8 Å². The number of hydrogen-bond acceptors (Lipinski definition) is 7. The highest BCUT2D eigenvalue weighted by molar-refractivity contribution is 5.59. The van der Waals surface area contributed by atoms with Crippen LogP contribution in [0.2, 0.25) is 0 Å². The fraction of sp³-hybridized carbons (Fsp3) is 0.200. The molecule has 0 radical (unpaired) electrons. The molecule has 1 heterocycles. The Bertz CT molecular complexity index is 725. The van der Waals surface area contributed by atoms with Gasteiger partial charge >= 0.3 is 0 Å². The third-order valence-corrected chi connectivity index (χ3v) is 2.84. The van der Waals surface area contributed by atoms with Crippen LogP contribution in [0, 0.1) is 11.8 Å². The Morgan fingerprint density at radius 2 is 1.59 bits per heavy atom. The topological polar surface area (TPSA) is 106 Å². The second-order valence-electron chi connectivity index (χ2n) is 4.19. The molecule has 22 heavy (non-hydrogen) atoms. The van der Waals surface area contributed by atoms with E-state index in [1.807, 2.05) is 0 Å². The molecular formula is C15H16N4O3. The Kier molecular flexibility index (Phi) is 4.53. The van der Waals surface area contributed by atoms with Crippen LogP contribution in [-0.4, -0.2) is 31.3 Å². The van der Waals surface area contributed by atoms with Crippen molar-refractivity contribution in [1.82, 2.24) is 9.97 Å². The Labute approximate surface area is 128 Å². The van der Waals surface area contributed by atoms with Gasteiger partial charge in [-0.3, -0.25) is 0 Å². The van der Waals surface area contributed by atoms with E-state index < -0.39 is 0 Å². The molecule has 0 aliphatic rings. The molecule has 1 aromatic carbocycles. The normalized spacial score (nSPS) is 9.59. The molecule has 0 bridgehead atoms. The average Bonchev–Trinajstić information content (AvgIpc) is 2.52. The van der Waals surface area contributed by atoms with Crippen LogP contribution in [0.1, 0.15) is 11.1 Å². The lowest BCUT2D eigenvalue weighted by Gasteiger charge is -2.12. The van der Waals surface area contributed by atoms with Gasteiger partial charge in [0, 0.05) is 5.56 Å². The second-order valence-corrected chi connectivity index (χ2v) is 4.19. The molecule has 7 heteroatoms. The van der Waals surface area contributed by atoms with Crippen LogP contribution in [0.4, 0.5) is 11.8 Å². The summed E-state index contributed by atoms with van der Waals surface area (Å²) < 4.78 is 15.8. The number of nitrogens with zero attached hydrogens (tertiary/aromatic N) is 2. The first-order chi connectivity index (χ1) is 10.6. The van der Waals surface area contributed by atoms with Gasteiger partial charge in [0.25, 0.3) is 0 Å². The summed E-state index contributed by atoms with van der Waals surface area (Å²) in [6, 6.07) is 3.48. The fourth-order valence-corrected chi connectivity index (χ4v) is 1.80. The highest BCUT2D eigenvalue weighted by Crippen LogP contribution is 2.37. The quantitative estimate of drug-likeness (QED) is 0.816. The molecule has 2 rings (SSSR count). The van der Waals surface area contributed by atoms with Gasteiger partial charge in [0.2, 0.25) is 11.7 Å². The SMILES string of the molecule is COc1cc(C#Cc2cnc(N)nc2N)cc(OC)c1OC. The van der Waals surface area contributed by atoms with E-state index in [1.165, 1.54) is 13.3 Å². The Balaban J connectivity index is 2.44. The minimum absolute atomic E-state index is 0.107. The maximum absolute atomic E-state index is 5.74. The van der Waals surface area contributed by atoms with E-state index in [4.69, 9.17) is 25.7 Å². The molecule has 0 aliphatic carbocycles. The molecule has 1 aromatic heterocycles. The molecule has 0 aliphatic heterocycles. The number of benzene rings is 1. The summed E-state index contributed by atoms with van der Waals surface area (Å²) in [6.07, 6.45) is 1.47. The van der Waals surface area contributed by atoms with E-state index >= 15 is 0 Å². The first kappa shape index (κ1) is 15.3. The highest BCUT2D eigenvalue weighted by atomic mass is 16.5. The van der Waals surface area contributed by atoms with Gasteiger partial charge < -0.3 is 25.7 Å². The van der Waals surface area contributed by atoms with Crippen molar-refractivity contribution in [2.24, 2.45) is 0 Å². The molecule has 0 saturated heterocycles. The van der Waals surface area contributed by atoms with Crippen molar-refractivity contribution in [3.63, 3.8) is 0 Å². The first-order valence-corrected chi connectivity index (χ1v) is 6.29. The van der Waals surface area contributed by atoms with Crippen molar-refractivity contribution >= 4 is 11.8 Å². The van der Waals surface area contributed by atoms with Gasteiger partial charge in [-0.15, -0.1) is 0 Å². The molecule has 0 unspecified atom stereocenters. The summed E-state index contributed by atoms with van der Waals surface area (Å²) in [5.74, 6) is 7.73. The Hall–Kier alpha value is -3.14. The molecule has 2 aromatic rings. The van der Waals surface area contributed by atoms with Gasteiger partial charge in [0.05, 0.1) is 33.1 Å². The standard InChI is InChI=1S/C15H16N4O3/c1-20-11-6-9(7-12(21-2)13(11)22-3)4-5-10-8-18-15(17)19-14(10)16/h6-8H,1-3H3,(H4,16,17,18,19). The van der Waals surface area contributed by atoms with Gasteiger partial charge in [0.1, 0.15) is 5.82 Å². The minimum atomic E-state index is 0.107. The maximum Gasteiger partial charge on any atom is 0.221 e. The molecule has 0 amide bonds. The highest BCUT2D eigenvalue weighted by Gasteiger charge is 2.12. The zero-order valence-electron chi connectivity index (χ0n) is 12.5. The van der Waals surface area contributed by atoms with E-state index in [0.717, 1.165) is 0 Å². The van der Waals surface area contributed by atoms with Gasteiger partial charge in [-0.25, -0.2) is 4.98 Å². The molecule has 0 fully saturated rings. The number of aromatic nitrogens is 2. The van der Waals surface area contributed by atoms with Gasteiger partial charge in [0.15, 0.2) is 11.5 Å². The number of nitrogen functional groups attached to an aromatic ring is 2. The summed E-state index contributed by atoms with van der Waals surface area (Å²) in [6.45, 7) is 0. The smallest absolute Gasteiger partial charge is 0.221 e. The van der Waals surface area contributed by atoms with Crippen molar-refractivity contribution in [3.8, 4) is 29.1 Å². The lowest BCUT2D eigenvalue weighted by atomic mass is 10.1.